The molecular weight excluding hydrogens is 366 g/mol. The van der Waals surface area contributed by atoms with E-state index in [2.05, 4.69) is 34.5 Å². The Hall–Kier alpha value is -2.99. The van der Waals surface area contributed by atoms with Crippen molar-refractivity contribution in [1.29, 1.82) is 0 Å². The first-order valence-corrected chi connectivity index (χ1v) is 10.2. The topological polar surface area (TPSA) is 61.9 Å². The number of urea groups is 1. The largest absolute Gasteiger partial charge is 0.467 e. The van der Waals surface area contributed by atoms with Gasteiger partial charge in [0.25, 0.3) is 0 Å². The molecule has 6 heteroatoms. The van der Waals surface area contributed by atoms with Gasteiger partial charge in [-0.05, 0) is 55.8 Å². The fourth-order valence-electron chi connectivity index (χ4n) is 3.86. The van der Waals surface area contributed by atoms with Gasteiger partial charge in [0.15, 0.2) is 0 Å². The van der Waals surface area contributed by atoms with Crippen LogP contribution >= 0.6 is 0 Å². The Morgan fingerprint density at radius 1 is 0.931 bits per heavy atom. The Bertz CT molecular complexity index is 820. The van der Waals surface area contributed by atoms with E-state index in [4.69, 9.17) is 8.83 Å². The summed E-state index contributed by atoms with van der Waals surface area (Å²) >= 11 is 0. The van der Waals surface area contributed by atoms with Crippen LogP contribution in [-0.2, 0) is 13.1 Å². The van der Waals surface area contributed by atoms with E-state index in [1.807, 2.05) is 30.3 Å². The smallest absolute Gasteiger partial charge is 0.318 e. The maximum absolute atomic E-state index is 13.1. The van der Waals surface area contributed by atoms with Gasteiger partial charge in [-0.2, -0.15) is 0 Å². The molecule has 1 aliphatic rings. The molecule has 0 spiro atoms. The van der Waals surface area contributed by atoms with Gasteiger partial charge in [-0.1, -0.05) is 30.3 Å². The Kier molecular flexibility index (Phi) is 6.32. The third-order valence-electron chi connectivity index (χ3n) is 5.35. The molecule has 1 aromatic carbocycles. The Morgan fingerprint density at radius 2 is 1.55 bits per heavy atom. The van der Waals surface area contributed by atoms with Crippen LogP contribution in [0.2, 0.25) is 0 Å². The number of carbonyl (C=O) groups excluding carboxylic acids is 1. The van der Waals surface area contributed by atoms with E-state index in [1.54, 1.807) is 17.4 Å². The normalized spacial score (nSPS) is 15.3. The first-order valence-electron chi connectivity index (χ1n) is 10.2. The number of hydrogen-bond acceptors (Lipinski definition) is 4. The summed E-state index contributed by atoms with van der Waals surface area (Å²) in [6.45, 7) is 3.48. The maximum Gasteiger partial charge on any atom is 0.318 e. The first-order chi connectivity index (χ1) is 14.3. The lowest BCUT2D eigenvalue weighted by molar-refractivity contribution is 0.174. The van der Waals surface area contributed by atoms with Gasteiger partial charge in [0.2, 0.25) is 0 Å². The highest BCUT2D eigenvalue weighted by Crippen LogP contribution is 2.24. The minimum Gasteiger partial charge on any atom is -0.467 e. The van der Waals surface area contributed by atoms with Crippen LogP contribution in [0.15, 0.2) is 76.0 Å². The molecule has 29 heavy (non-hydrogen) atoms. The summed E-state index contributed by atoms with van der Waals surface area (Å²) in [4.78, 5) is 17.2. The average molecular weight is 393 g/mol. The average Bonchev–Trinajstić information content (AvgIpc) is 3.52. The van der Waals surface area contributed by atoms with Crippen molar-refractivity contribution >= 4 is 6.03 Å². The third kappa shape index (κ3) is 5.09. The van der Waals surface area contributed by atoms with Crippen LogP contribution in [0.3, 0.4) is 0 Å². The van der Waals surface area contributed by atoms with Crippen molar-refractivity contribution in [2.24, 2.45) is 0 Å². The molecule has 1 unspecified atom stereocenters. The molecule has 0 bridgehead atoms. The molecule has 1 saturated heterocycles. The highest BCUT2D eigenvalue weighted by Gasteiger charge is 2.25. The van der Waals surface area contributed by atoms with Crippen molar-refractivity contribution in [2.45, 2.75) is 32.0 Å². The van der Waals surface area contributed by atoms with Crippen molar-refractivity contribution < 1.29 is 13.6 Å². The number of likely N-dealkylation sites (tertiary alicyclic amines) is 1. The molecule has 3 heterocycles. The minimum absolute atomic E-state index is 0.127. The quantitative estimate of drug-likeness (QED) is 0.615. The van der Waals surface area contributed by atoms with Gasteiger partial charge >= 0.3 is 6.03 Å². The maximum atomic E-state index is 13.1. The zero-order valence-electron chi connectivity index (χ0n) is 16.5. The fraction of sp³-hybridized carbons (Fsp3) is 0.348. The number of furan rings is 2. The van der Waals surface area contributed by atoms with E-state index >= 15 is 0 Å². The van der Waals surface area contributed by atoms with E-state index in [0.717, 1.165) is 24.6 Å². The van der Waals surface area contributed by atoms with Crippen LogP contribution in [0.1, 0.15) is 36.0 Å². The van der Waals surface area contributed by atoms with E-state index in [0.29, 0.717) is 19.6 Å². The van der Waals surface area contributed by atoms with Crippen LogP contribution in [0.25, 0.3) is 0 Å². The Morgan fingerprint density at radius 3 is 2.10 bits per heavy atom. The molecule has 0 radical (unpaired) electrons. The van der Waals surface area contributed by atoms with Gasteiger partial charge in [0, 0.05) is 6.54 Å². The van der Waals surface area contributed by atoms with Crippen molar-refractivity contribution in [1.82, 2.24) is 15.1 Å². The summed E-state index contributed by atoms with van der Waals surface area (Å²) in [5.41, 5.74) is 1.23. The zero-order valence-corrected chi connectivity index (χ0v) is 16.5. The minimum atomic E-state index is -0.127. The molecule has 1 aliphatic heterocycles. The van der Waals surface area contributed by atoms with Crippen molar-refractivity contribution in [2.75, 3.05) is 19.6 Å². The van der Waals surface area contributed by atoms with Crippen LogP contribution < -0.4 is 5.32 Å². The van der Waals surface area contributed by atoms with Gasteiger partial charge < -0.3 is 19.1 Å². The van der Waals surface area contributed by atoms with Gasteiger partial charge in [-0.25, -0.2) is 4.79 Å². The third-order valence-corrected chi connectivity index (χ3v) is 5.35. The lowest BCUT2D eigenvalue weighted by atomic mass is 10.1. The number of carbonyl (C=O) groups is 1. The predicted octanol–water partition coefficient (Wildman–Crippen LogP) is 4.42. The number of nitrogens with zero attached hydrogens (tertiary/aromatic N) is 2. The molecule has 1 atom stereocenters. The van der Waals surface area contributed by atoms with Crippen LogP contribution in [0.5, 0.6) is 0 Å². The highest BCUT2D eigenvalue weighted by molar-refractivity contribution is 5.74. The predicted molar refractivity (Wildman–Crippen MR) is 110 cm³/mol. The molecule has 0 saturated carbocycles. The molecule has 3 aromatic rings. The molecule has 1 N–H and O–H groups in total. The number of benzene rings is 1. The van der Waals surface area contributed by atoms with E-state index < -0.39 is 0 Å². The summed E-state index contributed by atoms with van der Waals surface area (Å²) in [5, 5.41) is 3.15. The van der Waals surface area contributed by atoms with Crippen molar-refractivity contribution in [3.63, 3.8) is 0 Å². The van der Waals surface area contributed by atoms with Crippen LogP contribution in [0, 0.1) is 0 Å². The molecule has 1 fully saturated rings. The van der Waals surface area contributed by atoms with E-state index in [1.165, 1.54) is 18.4 Å². The summed E-state index contributed by atoms with van der Waals surface area (Å²) in [7, 11) is 0. The van der Waals surface area contributed by atoms with Crippen LogP contribution in [0.4, 0.5) is 4.79 Å². The summed E-state index contributed by atoms with van der Waals surface area (Å²) in [5.74, 6) is 1.48. The fourth-order valence-corrected chi connectivity index (χ4v) is 3.86. The Balaban J connectivity index is 1.44. The monoisotopic (exact) mass is 393 g/mol. The van der Waals surface area contributed by atoms with Gasteiger partial charge in [0.1, 0.15) is 11.5 Å². The first kappa shape index (κ1) is 19.3. The zero-order chi connectivity index (χ0) is 19.9. The number of nitrogens with one attached hydrogen (secondary N) is 1. The number of rotatable bonds is 8. The summed E-state index contributed by atoms with van der Waals surface area (Å²) < 4.78 is 10.9. The Labute approximate surface area is 171 Å². The molecule has 2 amide bonds. The molecule has 4 rings (SSSR count). The lowest BCUT2D eigenvalue weighted by Gasteiger charge is -2.29. The molecule has 2 aromatic heterocycles. The second-order valence-corrected chi connectivity index (χ2v) is 7.37. The SMILES string of the molecule is O=C(NCC(c1ccccc1)N1CCCC1)N(Cc1ccco1)Cc1ccco1. The van der Waals surface area contributed by atoms with E-state index in [9.17, 15) is 4.79 Å². The van der Waals surface area contributed by atoms with Crippen molar-refractivity contribution in [3.05, 3.63) is 84.2 Å². The van der Waals surface area contributed by atoms with Gasteiger partial charge in [0.05, 0.1) is 31.7 Å². The van der Waals surface area contributed by atoms with Crippen LogP contribution in [-0.4, -0.2) is 35.5 Å². The molecular formula is C23H27N3O3. The lowest BCUT2D eigenvalue weighted by Crippen LogP contribution is -2.43. The summed E-state index contributed by atoms with van der Waals surface area (Å²) in [6, 6.07) is 17.9. The number of amides is 2. The second-order valence-electron chi connectivity index (χ2n) is 7.37. The highest BCUT2D eigenvalue weighted by atomic mass is 16.3. The second kappa shape index (κ2) is 9.47. The number of hydrogen-bond donors (Lipinski definition) is 1. The van der Waals surface area contributed by atoms with E-state index in [-0.39, 0.29) is 12.1 Å². The van der Waals surface area contributed by atoms with Gasteiger partial charge in [-0.3, -0.25) is 4.90 Å². The molecule has 152 valence electrons. The molecule has 6 nitrogen and oxygen atoms in total. The molecule has 0 aliphatic carbocycles. The summed E-state index contributed by atoms with van der Waals surface area (Å²) in [6.07, 6.45) is 5.66. The standard InChI is InChI=1S/C23H27N3O3/c27-23(26(17-20-10-6-14-28-20)18-21-11-7-15-29-21)24-16-22(25-12-4-5-13-25)19-8-2-1-3-9-19/h1-3,6-11,14-15,22H,4-5,12-13,16-18H2,(H,24,27). The van der Waals surface area contributed by atoms with Gasteiger partial charge in [-0.15, -0.1) is 0 Å². The van der Waals surface area contributed by atoms with Crippen molar-refractivity contribution in [3.8, 4) is 0 Å².